The largest absolute Gasteiger partial charge is 0.416 e. The van der Waals surface area contributed by atoms with Crippen molar-refractivity contribution >= 4 is 17.3 Å². The number of nitrogens with one attached hydrogen (secondary N) is 1. The van der Waals surface area contributed by atoms with Gasteiger partial charge in [-0.2, -0.15) is 13.2 Å². The molecule has 1 N–H and O–H groups in total. The van der Waals surface area contributed by atoms with Crippen molar-refractivity contribution in [3.05, 3.63) is 51.5 Å². The molecule has 2 aromatic rings. The lowest BCUT2D eigenvalue weighted by Gasteiger charge is -2.22. The molecule has 1 heterocycles. The third-order valence-electron chi connectivity index (χ3n) is 3.69. The van der Waals surface area contributed by atoms with Crippen molar-refractivity contribution in [1.82, 2.24) is 15.2 Å². The summed E-state index contributed by atoms with van der Waals surface area (Å²) in [5.74, 6) is 0.722. The first-order valence-corrected chi connectivity index (χ1v) is 9.24. The Labute approximate surface area is 155 Å². The van der Waals surface area contributed by atoms with Crippen LogP contribution in [0.4, 0.5) is 13.2 Å². The molecule has 26 heavy (non-hydrogen) atoms. The number of alkyl halides is 3. The number of guanidine groups is 1. The summed E-state index contributed by atoms with van der Waals surface area (Å²) >= 11 is 1.62. The zero-order valence-electron chi connectivity index (χ0n) is 15.1. The van der Waals surface area contributed by atoms with E-state index in [1.807, 2.05) is 31.2 Å². The minimum Gasteiger partial charge on any atom is -0.357 e. The Bertz CT molecular complexity index is 723. The molecule has 0 amide bonds. The zero-order valence-corrected chi connectivity index (χ0v) is 15.9. The smallest absolute Gasteiger partial charge is 0.357 e. The van der Waals surface area contributed by atoms with Gasteiger partial charge in [-0.15, -0.1) is 11.3 Å². The number of halogens is 3. The van der Waals surface area contributed by atoms with E-state index in [0.717, 1.165) is 40.8 Å². The second-order valence-electron chi connectivity index (χ2n) is 5.89. The Morgan fingerprint density at radius 3 is 2.50 bits per heavy atom. The number of hydrogen-bond acceptors (Lipinski definition) is 3. The average molecular weight is 384 g/mol. The van der Waals surface area contributed by atoms with Crippen LogP contribution in [0.1, 0.15) is 28.8 Å². The van der Waals surface area contributed by atoms with Gasteiger partial charge in [0.2, 0.25) is 0 Å². The summed E-state index contributed by atoms with van der Waals surface area (Å²) in [6.07, 6.45) is -3.55. The van der Waals surface area contributed by atoms with E-state index >= 15 is 0 Å². The van der Waals surface area contributed by atoms with Crippen molar-refractivity contribution in [2.24, 2.45) is 4.99 Å². The summed E-state index contributed by atoms with van der Waals surface area (Å²) < 4.78 is 37.9. The highest BCUT2D eigenvalue weighted by Gasteiger charge is 2.29. The van der Waals surface area contributed by atoms with Gasteiger partial charge in [-0.05, 0) is 31.5 Å². The molecule has 142 valence electrons. The highest BCUT2D eigenvalue weighted by molar-refractivity contribution is 7.09. The average Bonchev–Trinajstić information content (AvgIpc) is 2.99. The fraction of sp³-hybridized carbons (Fsp3) is 0.444. The van der Waals surface area contributed by atoms with E-state index < -0.39 is 11.7 Å². The normalized spacial score (nSPS) is 12.3. The van der Waals surface area contributed by atoms with Crippen molar-refractivity contribution in [2.45, 2.75) is 33.0 Å². The summed E-state index contributed by atoms with van der Waals surface area (Å²) in [4.78, 5) is 10.9. The van der Waals surface area contributed by atoms with E-state index in [0.29, 0.717) is 19.6 Å². The number of aromatic nitrogens is 1. The number of hydrogen-bond donors (Lipinski definition) is 1. The van der Waals surface area contributed by atoms with Crippen LogP contribution in [0, 0.1) is 6.92 Å². The van der Waals surface area contributed by atoms with Gasteiger partial charge in [0, 0.05) is 38.5 Å². The Morgan fingerprint density at radius 2 is 1.96 bits per heavy atom. The molecule has 1 aromatic carbocycles. The van der Waals surface area contributed by atoms with Crippen LogP contribution in [0.15, 0.2) is 34.6 Å². The highest BCUT2D eigenvalue weighted by atomic mass is 32.1. The molecule has 0 atom stereocenters. The topological polar surface area (TPSA) is 40.5 Å². The van der Waals surface area contributed by atoms with Crippen LogP contribution < -0.4 is 5.32 Å². The Kier molecular flexibility index (Phi) is 7.02. The van der Waals surface area contributed by atoms with Crippen molar-refractivity contribution in [1.29, 1.82) is 0 Å². The number of thiazole rings is 1. The fourth-order valence-corrected chi connectivity index (χ4v) is 3.06. The van der Waals surface area contributed by atoms with Crippen molar-refractivity contribution in [3.8, 4) is 0 Å². The van der Waals surface area contributed by atoms with Gasteiger partial charge >= 0.3 is 6.18 Å². The van der Waals surface area contributed by atoms with E-state index in [1.54, 1.807) is 11.3 Å². The summed E-state index contributed by atoms with van der Waals surface area (Å²) in [5, 5.41) is 6.28. The lowest BCUT2D eigenvalue weighted by molar-refractivity contribution is -0.137. The van der Waals surface area contributed by atoms with E-state index in [1.165, 1.54) is 12.1 Å². The summed E-state index contributed by atoms with van der Waals surface area (Å²) in [6.45, 7) is 5.74. The lowest BCUT2D eigenvalue weighted by atomic mass is 10.1. The van der Waals surface area contributed by atoms with Gasteiger partial charge in [0.1, 0.15) is 0 Å². The SMILES string of the molecule is CCNC(=NCCc1csc(C)n1)N(C)Cc1ccc(C(F)(F)F)cc1. The molecule has 0 saturated heterocycles. The van der Waals surface area contributed by atoms with Crippen LogP contribution in [-0.4, -0.2) is 36.0 Å². The van der Waals surface area contributed by atoms with Gasteiger partial charge in [-0.25, -0.2) is 4.98 Å². The molecule has 0 bridgehead atoms. The molecule has 0 saturated carbocycles. The highest BCUT2D eigenvalue weighted by Crippen LogP contribution is 2.29. The maximum Gasteiger partial charge on any atom is 0.416 e. The van der Waals surface area contributed by atoms with Crippen LogP contribution in [0.3, 0.4) is 0 Å². The summed E-state index contributed by atoms with van der Waals surface area (Å²) in [7, 11) is 1.87. The summed E-state index contributed by atoms with van der Waals surface area (Å²) in [5.41, 5.74) is 1.18. The molecule has 0 radical (unpaired) electrons. The maximum absolute atomic E-state index is 12.6. The van der Waals surface area contributed by atoms with E-state index in [-0.39, 0.29) is 0 Å². The molecule has 2 rings (SSSR count). The lowest BCUT2D eigenvalue weighted by Crippen LogP contribution is -2.38. The quantitative estimate of drug-likeness (QED) is 0.602. The van der Waals surface area contributed by atoms with Crippen LogP contribution in [0.5, 0.6) is 0 Å². The Hall–Kier alpha value is -2.09. The minimum absolute atomic E-state index is 0.472. The molecule has 0 spiro atoms. The molecule has 0 unspecified atom stereocenters. The standard InChI is InChI=1S/C18H23F3N4S/c1-4-22-17(23-10-9-16-12-26-13(2)24-16)25(3)11-14-5-7-15(8-6-14)18(19,20)21/h5-8,12H,4,9-11H2,1-3H3,(H,22,23). The van der Waals surface area contributed by atoms with Gasteiger partial charge < -0.3 is 10.2 Å². The Balaban J connectivity index is 1.98. The van der Waals surface area contributed by atoms with Crippen LogP contribution in [0.2, 0.25) is 0 Å². The van der Waals surface area contributed by atoms with Gasteiger partial charge in [0.05, 0.1) is 16.3 Å². The van der Waals surface area contributed by atoms with E-state index in [9.17, 15) is 13.2 Å². The van der Waals surface area contributed by atoms with Gasteiger partial charge in [0.25, 0.3) is 0 Å². The van der Waals surface area contributed by atoms with Crippen molar-refractivity contribution < 1.29 is 13.2 Å². The first-order chi connectivity index (χ1) is 12.3. The number of aryl methyl sites for hydroxylation is 1. The molecule has 8 heteroatoms. The van der Waals surface area contributed by atoms with Gasteiger partial charge in [-0.3, -0.25) is 4.99 Å². The predicted molar refractivity (Wildman–Crippen MR) is 99.4 cm³/mol. The molecular formula is C18H23F3N4S. The maximum atomic E-state index is 12.6. The molecular weight excluding hydrogens is 361 g/mol. The molecule has 0 aliphatic carbocycles. The van der Waals surface area contributed by atoms with E-state index in [2.05, 4.69) is 15.3 Å². The first-order valence-electron chi connectivity index (χ1n) is 8.36. The van der Waals surface area contributed by atoms with Crippen molar-refractivity contribution in [3.63, 3.8) is 0 Å². The van der Waals surface area contributed by atoms with Crippen LogP contribution in [0.25, 0.3) is 0 Å². The number of rotatable bonds is 6. The monoisotopic (exact) mass is 384 g/mol. The predicted octanol–water partition coefficient (Wildman–Crippen LogP) is 4.11. The third-order valence-corrected chi connectivity index (χ3v) is 4.52. The zero-order chi connectivity index (χ0) is 19.2. The molecule has 0 aliphatic heterocycles. The number of aliphatic imine (C=N–C) groups is 1. The fourth-order valence-electron chi connectivity index (χ4n) is 2.42. The van der Waals surface area contributed by atoms with E-state index in [4.69, 9.17) is 0 Å². The molecule has 0 fully saturated rings. The van der Waals surface area contributed by atoms with Crippen LogP contribution >= 0.6 is 11.3 Å². The molecule has 1 aromatic heterocycles. The number of nitrogens with zero attached hydrogens (tertiary/aromatic N) is 3. The molecule has 4 nitrogen and oxygen atoms in total. The van der Waals surface area contributed by atoms with Crippen LogP contribution in [-0.2, 0) is 19.1 Å². The third kappa shape index (κ3) is 6.01. The number of benzene rings is 1. The second kappa shape index (κ2) is 9.02. The summed E-state index contributed by atoms with van der Waals surface area (Å²) in [6, 6.07) is 5.22. The van der Waals surface area contributed by atoms with Crippen molar-refractivity contribution in [2.75, 3.05) is 20.1 Å². The van der Waals surface area contributed by atoms with Gasteiger partial charge in [-0.1, -0.05) is 12.1 Å². The molecule has 0 aliphatic rings. The van der Waals surface area contributed by atoms with Gasteiger partial charge in [0.15, 0.2) is 5.96 Å². The Morgan fingerprint density at radius 1 is 1.27 bits per heavy atom. The first kappa shape index (κ1) is 20.2. The second-order valence-corrected chi connectivity index (χ2v) is 6.96. The minimum atomic E-state index is -4.31.